The summed E-state index contributed by atoms with van der Waals surface area (Å²) in [6.45, 7) is 1.92. The van der Waals surface area contributed by atoms with E-state index in [4.69, 9.17) is 0 Å². The first-order valence-corrected chi connectivity index (χ1v) is 7.09. The second-order valence-electron chi connectivity index (χ2n) is 5.66. The maximum Gasteiger partial charge on any atom is 0.120 e. The van der Waals surface area contributed by atoms with Crippen LogP contribution in [-0.2, 0) is 13.0 Å². The largest absolute Gasteiger partial charge is 0.348 e. The van der Waals surface area contributed by atoms with E-state index < -0.39 is 0 Å². The van der Waals surface area contributed by atoms with Gasteiger partial charge in [-0.3, -0.25) is 0 Å². The Kier molecular flexibility index (Phi) is 3.65. The number of aromatic nitrogens is 2. The zero-order valence-corrected chi connectivity index (χ0v) is 11.2. The number of rotatable bonds is 6. The van der Waals surface area contributed by atoms with Crippen LogP contribution in [0.15, 0.2) is 42.7 Å². The van der Waals surface area contributed by atoms with Crippen LogP contribution in [0.2, 0.25) is 0 Å². The summed E-state index contributed by atoms with van der Waals surface area (Å²) in [5.41, 5.74) is 1.93. The Balaban J connectivity index is 1.54. The third-order valence-corrected chi connectivity index (χ3v) is 4.18. The zero-order chi connectivity index (χ0) is 13.0. The molecule has 1 fully saturated rings. The highest BCUT2D eigenvalue weighted by Crippen LogP contribution is 2.43. The Hall–Kier alpha value is -1.61. The number of nitrogens with zero attached hydrogens (tertiary/aromatic N) is 1. The molecule has 3 rings (SSSR count). The standard InChI is InChI=1S/C16H21N3/c1-2-5-14(6-3-1)11-16(7-4-8-16)13-17-12-15-18-9-10-19-15/h1-3,5-6,9-10,17H,4,7-8,11-13H2,(H,18,19). The molecule has 1 aliphatic rings. The minimum absolute atomic E-state index is 0.466. The second kappa shape index (κ2) is 5.57. The normalized spacial score (nSPS) is 17.1. The third kappa shape index (κ3) is 3.04. The lowest BCUT2D eigenvalue weighted by atomic mass is 9.65. The van der Waals surface area contributed by atoms with Gasteiger partial charge in [-0.15, -0.1) is 0 Å². The fraction of sp³-hybridized carbons (Fsp3) is 0.438. The van der Waals surface area contributed by atoms with Gasteiger partial charge in [-0.25, -0.2) is 4.98 Å². The fourth-order valence-corrected chi connectivity index (χ4v) is 2.96. The molecule has 2 aromatic rings. The Labute approximate surface area is 114 Å². The highest BCUT2D eigenvalue weighted by molar-refractivity contribution is 5.17. The van der Waals surface area contributed by atoms with Gasteiger partial charge in [-0.2, -0.15) is 0 Å². The molecule has 1 aromatic heterocycles. The molecule has 3 heteroatoms. The van der Waals surface area contributed by atoms with Gasteiger partial charge >= 0.3 is 0 Å². The summed E-state index contributed by atoms with van der Waals surface area (Å²) in [7, 11) is 0. The first-order chi connectivity index (χ1) is 9.36. The number of imidazole rings is 1. The highest BCUT2D eigenvalue weighted by Gasteiger charge is 2.36. The van der Waals surface area contributed by atoms with Crippen LogP contribution in [0.1, 0.15) is 30.7 Å². The Morgan fingerprint density at radius 3 is 2.68 bits per heavy atom. The monoisotopic (exact) mass is 255 g/mol. The Morgan fingerprint density at radius 2 is 2.05 bits per heavy atom. The lowest BCUT2D eigenvalue weighted by Crippen LogP contribution is -2.41. The van der Waals surface area contributed by atoms with Crippen LogP contribution in [0, 0.1) is 5.41 Å². The summed E-state index contributed by atoms with van der Waals surface area (Å²) in [5.74, 6) is 1.02. The number of benzene rings is 1. The summed E-state index contributed by atoms with van der Waals surface area (Å²) in [6, 6.07) is 10.8. The second-order valence-corrected chi connectivity index (χ2v) is 5.66. The van der Waals surface area contributed by atoms with Crippen molar-refractivity contribution in [2.75, 3.05) is 6.54 Å². The van der Waals surface area contributed by atoms with Gasteiger partial charge in [0.15, 0.2) is 0 Å². The van der Waals surface area contributed by atoms with E-state index in [-0.39, 0.29) is 0 Å². The van der Waals surface area contributed by atoms with E-state index in [1.807, 2.05) is 6.20 Å². The molecule has 1 aliphatic carbocycles. The fourth-order valence-electron chi connectivity index (χ4n) is 2.96. The summed E-state index contributed by atoms with van der Waals surface area (Å²) in [5, 5.41) is 3.56. The van der Waals surface area contributed by atoms with Crippen molar-refractivity contribution >= 4 is 0 Å². The quantitative estimate of drug-likeness (QED) is 0.833. The van der Waals surface area contributed by atoms with E-state index in [0.717, 1.165) is 18.9 Å². The molecule has 1 saturated carbocycles. The minimum atomic E-state index is 0.466. The van der Waals surface area contributed by atoms with Crippen LogP contribution in [0.5, 0.6) is 0 Å². The molecule has 19 heavy (non-hydrogen) atoms. The molecule has 1 heterocycles. The summed E-state index contributed by atoms with van der Waals surface area (Å²) in [4.78, 5) is 7.38. The first kappa shape index (κ1) is 12.4. The molecule has 0 bridgehead atoms. The molecule has 0 spiro atoms. The van der Waals surface area contributed by atoms with E-state index in [0.29, 0.717) is 5.41 Å². The molecular formula is C16H21N3. The van der Waals surface area contributed by atoms with Crippen molar-refractivity contribution in [3.8, 4) is 0 Å². The lowest BCUT2D eigenvalue weighted by Gasteiger charge is -2.42. The van der Waals surface area contributed by atoms with Crippen molar-refractivity contribution in [3.05, 3.63) is 54.1 Å². The molecule has 3 nitrogen and oxygen atoms in total. The molecule has 2 N–H and O–H groups in total. The predicted octanol–water partition coefficient (Wildman–Crippen LogP) is 2.91. The van der Waals surface area contributed by atoms with Crippen molar-refractivity contribution in [2.24, 2.45) is 5.41 Å². The summed E-state index contributed by atoms with van der Waals surface area (Å²) < 4.78 is 0. The minimum Gasteiger partial charge on any atom is -0.348 e. The van der Waals surface area contributed by atoms with Crippen LogP contribution in [-0.4, -0.2) is 16.5 Å². The van der Waals surface area contributed by atoms with Crippen molar-refractivity contribution < 1.29 is 0 Å². The molecule has 0 amide bonds. The molecule has 0 radical (unpaired) electrons. The van der Waals surface area contributed by atoms with Crippen molar-refractivity contribution in [1.82, 2.24) is 15.3 Å². The van der Waals surface area contributed by atoms with Gasteiger partial charge in [0.25, 0.3) is 0 Å². The van der Waals surface area contributed by atoms with Gasteiger partial charge in [0, 0.05) is 18.9 Å². The zero-order valence-electron chi connectivity index (χ0n) is 11.2. The maximum absolute atomic E-state index is 4.25. The maximum atomic E-state index is 4.25. The topological polar surface area (TPSA) is 40.7 Å². The molecule has 100 valence electrons. The smallest absolute Gasteiger partial charge is 0.120 e. The van der Waals surface area contributed by atoms with Crippen molar-refractivity contribution in [3.63, 3.8) is 0 Å². The first-order valence-electron chi connectivity index (χ1n) is 7.09. The van der Waals surface area contributed by atoms with E-state index in [1.165, 1.54) is 31.2 Å². The molecular weight excluding hydrogens is 234 g/mol. The number of H-pyrrole nitrogens is 1. The van der Waals surface area contributed by atoms with Gasteiger partial charge in [-0.1, -0.05) is 36.8 Å². The average molecular weight is 255 g/mol. The van der Waals surface area contributed by atoms with E-state index in [2.05, 4.69) is 45.6 Å². The Bertz CT molecular complexity index is 486. The van der Waals surface area contributed by atoms with E-state index >= 15 is 0 Å². The highest BCUT2D eigenvalue weighted by atomic mass is 15.0. The number of nitrogens with one attached hydrogen (secondary N) is 2. The molecule has 0 unspecified atom stereocenters. The number of hydrogen-bond acceptors (Lipinski definition) is 2. The van der Waals surface area contributed by atoms with Gasteiger partial charge in [0.1, 0.15) is 5.82 Å². The van der Waals surface area contributed by atoms with Gasteiger partial charge in [0.2, 0.25) is 0 Å². The Morgan fingerprint density at radius 1 is 1.21 bits per heavy atom. The summed E-state index contributed by atoms with van der Waals surface area (Å²) in [6.07, 6.45) is 8.93. The van der Waals surface area contributed by atoms with Crippen LogP contribution in [0.25, 0.3) is 0 Å². The van der Waals surface area contributed by atoms with E-state index in [9.17, 15) is 0 Å². The van der Waals surface area contributed by atoms with Gasteiger partial charge in [-0.05, 0) is 30.2 Å². The lowest BCUT2D eigenvalue weighted by molar-refractivity contribution is 0.129. The average Bonchev–Trinajstić information content (AvgIpc) is 2.90. The van der Waals surface area contributed by atoms with Crippen LogP contribution < -0.4 is 5.32 Å². The summed E-state index contributed by atoms with van der Waals surface area (Å²) >= 11 is 0. The number of aromatic amines is 1. The number of hydrogen-bond donors (Lipinski definition) is 2. The van der Waals surface area contributed by atoms with Crippen molar-refractivity contribution in [1.29, 1.82) is 0 Å². The van der Waals surface area contributed by atoms with Crippen LogP contribution in [0.3, 0.4) is 0 Å². The SMILES string of the molecule is c1ccc(CC2(CNCc3ncc[nH]3)CCC2)cc1. The third-order valence-electron chi connectivity index (χ3n) is 4.18. The van der Waals surface area contributed by atoms with Crippen LogP contribution >= 0.6 is 0 Å². The van der Waals surface area contributed by atoms with E-state index in [1.54, 1.807) is 6.20 Å². The molecule has 0 atom stereocenters. The van der Waals surface area contributed by atoms with Gasteiger partial charge < -0.3 is 10.3 Å². The van der Waals surface area contributed by atoms with Gasteiger partial charge in [0.05, 0.1) is 6.54 Å². The molecule has 0 saturated heterocycles. The molecule has 0 aliphatic heterocycles. The molecule has 1 aromatic carbocycles. The van der Waals surface area contributed by atoms with Crippen molar-refractivity contribution in [2.45, 2.75) is 32.2 Å². The van der Waals surface area contributed by atoms with Crippen LogP contribution in [0.4, 0.5) is 0 Å². The predicted molar refractivity (Wildman–Crippen MR) is 76.7 cm³/mol.